The summed E-state index contributed by atoms with van der Waals surface area (Å²) in [4.78, 5) is 10.7. The highest BCUT2D eigenvalue weighted by Gasteiger charge is 2.16. The van der Waals surface area contributed by atoms with E-state index < -0.39 is 0 Å². The number of aliphatic imine (C=N–C) groups is 1. The van der Waals surface area contributed by atoms with Gasteiger partial charge in [0.1, 0.15) is 5.76 Å². The minimum Gasteiger partial charge on any atom is -0.469 e. The number of halogens is 1. The topological polar surface area (TPSA) is 62.5 Å². The van der Waals surface area contributed by atoms with Crippen LogP contribution in [-0.2, 0) is 12.8 Å². The summed E-state index contributed by atoms with van der Waals surface area (Å²) in [6, 6.07) is 4.49. The van der Waals surface area contributed by atoms with E-state index >= 15 is 0 Å². The van der Waals surface area contributed by atoms with E-state index in [4.69, 9.17) is 9.41 Å². The molecule has 0 unspecified atom stereocenters. The summed E-state index contributed by atoms with van der Waals surface area (Å²) in [7, 11) is 0. The second-order valence-electron chi connectivity index (χ2n) is 6.61. The lowest BCUT2D eigenvalue weighted by atomic mass is 10.2. The van der Waals surface area contributed by atoms with Gasteiger partial charge < -0.3 is 15.1 Å². The first kappa shape index (κ1) is 21.2. The van der Waals surface area contributed by atoms with E-state index in [0.717, 1.165) is 43.3 Å². The summed E-state index contributed by atoms with van der Waals surface area (Å²) in [5.41, 5.74) is 1.14. The third-order valence-corrected chi connectivity index (χ3v) is 5.74. The number of nitrogens with zero attached hydrogens (tertiary/aromatic N) is 2. The minimum atomic E-state index is 0. The molecular formula is C19H29IN4OS. The van der Waals surface area contributed by atoms with Gasteiger partial charge in [0, 0.05) is 36.9 Å². The van der Waals surface area contributed by atoms with Crippen LogP contribution >= 0.6 is 35.3 Å². The number of guanidine groups is 1. The van der Waals surface area contributed by atoms with E-state index in [1.807, 2.05) is 12.1 Å². The van der Waals surface area contributed by atoms with Crippen molar-refractivity contribution in [1.29, 1.82) is 0 Å². The lowest BCUT2D eigenvalue weighted by Gasteiger charge is -2.17. The minimum absolute atomic E-state index is 0. The molecule has 1 fully saturated rings. The zero-order valence-electron chi connectivity index (χ0n) is 15.6. The maximum Gasteiger partial charge on any atom is 0.191 e. The van der Waals surface area contributed by atoms with E-state index in [1.54, 1.807) is 17.6 Å². The van der Waals surface area contributed by atoms with Crippen molar-refractivity contribution in [3.8, 4) is 0 Å². The Morgan fingerprint density at radius 3 is 2.77 bits per heavy atom. The molecule has 7 heteroatoms. The quantitative estimate of drug-likeness (QED) is 0.348. The Morgan fingerprint density at radius 1 is 1.31 bits per heavy atom. The van der Waals surface area contributed by atoms with Crippen molar-refractivity contribution in [3.05, 3.63) is 39.7 Å². The molecule has 0 spiro atoms. The molecule has 0 aromatic carbocycles. The van der Waals surface area contributed by atoms with Crippen LogP contribution in [0.15, 0.2) is 27.8 Å². The molecule has 0 aliphatic heterocycles. The van der Waals surface area contributed by atoms with E-state index in [2.05, 4.69) is 29.5 Å². The fourth-order valence-electron chi connectivity index (χ4n) is 3.08. The Balaban J connectivity index is 0.00000243. The molecule has 0 amide bonds. The van der Waals surface area contributed by atoms with E-state index in [0.29, 0.717) is 6.04 Å². The average molecular weight is 488 g/mol. The highest BCUT2D eigenvalue weighted by Crippen LogP contribution is 2.18. The second kappa shape index (κ2) is 10.9. The standard InChI is InChI=1S/C19H28N4OS.HI/c1-14-15(2)25-18(22-14)10-12-21-19(23-16-6-3-4-7-16)20-11-9-17-8-5-13-24-17;/h5,8,13,16H,3-4,6-7,9-12H2,1-2H3,(H2,20,21,23);1H. The summed E-state index contributed by atoms with van der Waals surface area (Å²) in [6.07, 6.45) is 8.59. The molecule has 2 aromatic rings. The van der Waals surface area contributed by atoms with Gasteiger partial charge in [-0.05, 0) is 38.8 Å². The molecule has 2 heterocycles. The Morgan fingerprint density at radius 2 is 2.12 bits per heavy atom. The Bertz CT molecular complexity index is 658. The maximum atomic E-state index is 5.39. The fraction of sp³-hybridized carbons (Fsp3) is 0.579. The number of rotatable bonds is 7. The zero-order chi connectivity index (χ0) is 17.5. The van der Waals surface area contributed by atoms with Crippen molar-refractivity contribution in [2.75, 3.05) is 13.1 Å². The van der Waals surface area contributed by atoms with Crippen molar-refractivity contribution in [1.82, 2.24) is 15.6 Å². The summed E-state index contributed by atoms with van der Waals surface area (Å²) in [5.74, 6) is 1.92. The van der Waals surface area contributed by atoms with Gasteiger partial charge in [0.05, 0.1) is 17.0 Å². The van der Waals surface area contributed by atoms with Gasteiger partial charge in [-0.1, -0.05) is 12.8 Å². The van der Waals surface area contributed by atoms with Crippen molar-refractivity contribution < 1.29 is 4.42 Å². The second-order valence-corrected chi connectivity index (χ2v) is 7.90. The van der Waals surface area contributed by atoms with E-state index in [-0.39, 0.29) is 24.0 Å². The molecule has 3 rings (SSSR count). The van der Waals surface area contributed by atoms with Crippen LogP contribution in [0, 0.1) is 13.8 Å². The van der Waals surface area contributed by atoms with Gasteiger partial charge in [-0.3, -0.25) is 4.99 Å². The van der Waals surface area contributed by atoms with Crippen LogP contribution in [0.1, 0.15) is 47.0 Å². The van der Waals surface area contributed by atoms with Crippen LogP contribution in [0.25, 0.3) is 0 Å². The lowest BCUT2D eigenvalue weighted by molar-refractivity contribution is 0.506. The molecule has 1 saturated carbocycles. The van der Waals surface area contributed by atoms with Gasteiger partial charge >= 0.3 is 0 Å². The highest BCUT2D eigenvalue weighted by atomic mass is 127. The first-order valence-corrected chi connectivity index (χ1v) is 10.0. The maximum absolute atomic E-state index is 5.39. The average Bonchev–Trinajstić information content (AvgIpc) is 3.32. The monoisotopic (exact) mass is 488 g/mol. The van der Waals surface area contributed by atoms with Crippen molar-refractivity contribution in [3.63, 3.8) is 0 Å². The number of aryl methyl sites for hydroxylation is 2. The third kappa shape index (κ3) is 6.57. The van der Waals surface area contributed by atoms with Crippen LogP contribution < -0.4 is 10.6 Å². The first-order valence-electron chi connectivity index (χ1n) is 9.21. The number of aromatic nitrogens is 1. The van der Waals surface area contributed by atoms with Gasteiger partial charge in [0.25, 0.3) is 0 Å². The van der Waals surface area contributed by atoms with Gasteiger partial charge in [-0.25, -0.2) is 4.98 Å². The number of hydrogen-bond donors (Lipinski definition) is 2. The fourth-order valence-corrected chi connectivity index (χ4v) is 4.01. The zero-order valence-corrected chi connectivity index (χ0v) is 18.7. The molecule has 144 valence electrons. The van der Waals surface area contributed by atoms with Crippen molar-refractivity contribution in [2.24, 2.45) is 4.99 Å². The molecule has 1 aliphatic rings. The Hall–Kier alpha value is -1.09. The molecule has 0 bridgehead atoms. The number of thiazole rings is 1. The van der Waals surface area contributed by atoms with Gasteiger partial charge in [-0.15, -0.1) is 35.3 Å². The van der Waals surface area contributed by atoms with E-state index in [9.17, 15) is 0 Å². The summed E-state index contributed by atoms with van der Waals surface area (Å²) < 4.78 is 5.39. The summed E-state index contributed by atoms with van der Waals surface area (Å²) in [6.45, 7) is 5.78. The van der Waals surface area contributed by atoms with Crippen molar-refractivity contribution >= 4 is 41.3 Å². The SMILES string of the molecule is Cc1nc(CCN=C(NCCc2ccco2)NC2CCCC2)sc1C.I. The molecular weight excluding hydrogens is 459 g/mol. The summed E-state index contributed by atoms with van der Waals surface area (Å²) in [5, 5.41) is 8.22. The van der Waals surface area contributed by atoms with E-state index in [1.165, 1.54) is 35.6 Å². The number of furan rings is 1. The van der Waals surface area contributed by atoms with Crippen LogP contribution in [0.2, 0.25) is 0 Å². The predicted molar refractivity (Wildman–Crippen MR) is 119 cm³/mol. The van der Waals surface area contributed by atoms with Gasteiger partial charge in [0.15, 0.2) is 5.96 Å². The predicted octanol–water partition coefficient (Wildman–Crippen LogP) is 4.23. The van der Waals surface area contributed by atoms with Crippen LogP contribution in [0.4, 0.5) is 0 Å². The van der Waals surface area contributed by atoms with Crippen molar-refractivity contribution in [2.45, 2.75) is 58.4 Å². The molecule has 2 N–H and O–H groups in total. The number of hydrogen-bond acceptors (Lipinski definition) is 4. The normalized spacial score (nSPS) is 15.1. The van der Waals surface area contributed by atoms with Gasteiger partial charge in [0.2, 0.25) is 0 Å². The molecule has 2 aromatic heterocycles. The smallest absolute Gasteiger partial charge is 0.191 e. The Labute approximate surface area is 177 Å². The van der Waals surface area contributed by atoms with Crippen LogP contribution in [0.3, 0.4) is 0 Å². The molecule has 5 nitrogen and oxygen atoms in total. The molecule has 26 heavy (non-hydrogen) atoms. The molecule has 1 aliphatic carbocycles. The van der Waals surface area contributed by atoms with Crippen LogP contribution in [0.5, 0.6) is 0 Å². The molecule has 0 radical (unpaired) electrons. The Kier molecular flexibility index (Phi) is 8.90. The number of nitrogens with one attached hydrogen (secondary N) is 2. The van der Waals surface area contributed by atoms with Crippen LogP contribution in [-0.4, -0.2) is 30.1 Å². The first-order chi connectivity index (χ1) is 12.2. The van der Waals surface area contributed by atoms with Gasteiger partial charge in [-0.2, -0.15) is 0 Å². The largest absolute Gasteiger partial charge is 0.469 e. The molecule has 0 saturated heterocycles. The highest BCUT2D eigenvalue weighted by molar-refractivity contribution is 14.0. The lowest BCUT2D eigenvalue weighted by Crippen LogP contribution is -2.43. The molecule has 0 atom stereocenters. The third-order valence-electron chi connectivity index (χ3n) is 4.61. The summed E-state index contributed by atoms with van der Waals surface area (Å²) >= 11 is 1.78.